The fourth-order valence-corrected chi connectivity index (χ4v) is 3.05. The third-order valence-electron chi connectivity index (χ3n) is 2.65. The van der Waals surface area contributed by atoms with E-state index in [4.69, 9.17) is 4.74 Å². The monoisotopic (exact) mass is 339 g/mol. The Bertz CT molecular complexity index is 620. The number of amides is 1. The Balaban J connectivity index is 1.64. The molecule has 118 valence electrons. The molecular formula is C13H17N5O2S2. The summed E-state index contributed by atoms with van der Waals surface area (Å²) in [5, 5.41) is 14.8. The highest BCUT2D eigenvalue weighted by Crippen LogP contribution is 2.22. The zero-order valence-corrected chi connectivity index (χ0v) is 14.0. The maximum absolute atomic E-state index is 11.8. The second-order valence-electron chi connectivity index (χ2n) is 4.25. The van der Waals surface area contributed by atoms with Crippen molar-refractivity contribution in [2.24, 2.45) is 7.05 Å². The topological polar surface area (TPSA) is 81.9 Å². The lowest BCUT2D eigenvalue weighted by atomic mass is 10.3. The van der Waals surface area contributed by atoms with E-state index in [1.807, 2.05) is 24.3 Å². The summed E-state index contributed by atoms with van der Waals surface area (Å²) < 4.78 is 6.75. The van der Waals surface area contributed by atoms with E-state index in [-0.39, 0.29) is 5.91 Å². The van der Waals surface area contributed by atoms with Crippen molar-refractivity contribution in [3.63, 3.8) is 0 Å². The molecule has 0 fully saturated rings. The molecule has 9 heteroatoms. The Morgan fingerprint density at radius 1 is 1.41 bits per heavy atom. The number of aromatic nitrogens is 4. The molecule has 0 unspecified atom stereocenters. The molecule has 0 saturated heterocycles. The van der Waals surface area contributed by atoms with Crippen LogP contribution in [0.2, 0.25) is 0 Å². The Labute approximate surface area is 137 Å². The number of carbonyl (C=O) groups excluding carboxylic acids is 1. The minimum absolute atomic E-state index is 0.00418. The number of tetrazole rings is 1. The van der Waals surface area contributed by atoms with Crippen LogP contribution in [0.4, 0.5) is 0 Å². The van der Waals surface area contributed by atoms with E-state index in [0.29, 0.717) is 12.3 Å². The van der Waals surface area contributed by atoms with Crippen molar-refractivity contribution >= 4 is 29.4 Å². The van der Waals surface area contributed by atoms with Gasteiger partial charge in [-0.25, -0.2) is 4.68 Å². The molecule has 0 saturated carbocycles. The fourth-order valence-electron chi connectivity index (χ4n) is 1.57. The highest BCUT2D eigenvalue weighted by atomic mass is 32.2. The number of hydrogen-bond acceptors (Lipinski definition) is 7. The molecule has 1 amide bonds. The average molecular weight is 339 g/mol. The summed E-state index contributed by atoms with van der Waals surface area (Å²) in [5.74, 6) is 1.90. The minimum atomic E-state index is 0.00418. The second-order valence-corrected chi connectivity index (χ2v) is 6.36. The highest BCUT2D eigenvalue weighted by Gasteiger charge is 2.05. The molecule has 1 aromatic heterocycles. The van der Waals surface area contributed by atoms with Crippen molar-refractivity contribution in [2.45, 2.75) is 10.1 Å². The van der Waals surface area contributed by atoms with E-state index in [1.54, 1.807) is 18.8 Å². The SMILES string of the molecule is COc1cccc(SCC(=O)NCCSc2nnnn2C)c1. The maximum Gasteiger partial charge on any atom is 0.230 e. The largest absolute Gasteiger partial charge is 0.497 e. The van der Waals surface area contributed by atoms with E-state index in [2.05, 4.69) is 20.8 Å². The maximum atomic E-state index is 11.8. The number of hydrogen-bond donors (Lipinski definition) is 1. The van der Waals surface area contributed by atoms with Gasteiger partial charge in [-0.2, -0.15) is 0 Å². The number of nitrogens with one attached hydrogen (secondary N) is 1. The first-order chi connectivity index (χ1) is 10.7. The van der Waals surface area contributed by atoms with Gasteiger partial charge in [-0.3, -0.25) is 4.79 Å². The van der Waals surface area contributed by atoms with Gasteiger partial charge < -0.3 is 10.1 Å². The number of ether oxygens (including phenoxy) is 1. The second kappa shape index (κ2) is 8.64. The molecule has 1 N–H and O–H groups in total. The van der Waals surface area contributed by atoms with E-state index >= 15 is 0 Å². The van der Waals surface area contributed by atoms with Crippen molar-refractivity contribution in [3.05, 3.63) is 24.3 Å². The smallest absolute Gasteiger partial charge is 0.230 e. The fraction of sp³-hybridized carbons (Fsp3) is 0.385. The van der Waals surface area contributed by atoms with Gasteiger partial charge in [0, 0.05) is 24.2 Å². The van der Waals surface area contributed by atoms with Gasteiger partial charge in [-0.1, -0.05) is 17.8 Å². The van der Waals surface area contributed by atoms with Crippen LogP contribution in [0.15, 0.2) is 34.3 Å². The van der Waals surface area contributed by atoms with Gasteiger partial charge in [0.25, 0.3) is 0 Å². The number of nitrogens with zero attached hydrogens (tertiary/aromatic N) is 4. The number of benzene rings is 1. The van der Waals surface area contributed by atoms with Crippen LogP contribution >= 0.6 is 23.5 Å². The molecule has 0 spiro atoms. The van der Waals surface area contributed by atoms with Crippen LogP contribution in [0.1, 0.15) is 0 Å². The molecule has 7 nitrogen and oxygen atoms in total. The van der Waals surface area contributed by atoms with Crippen LogP contribution in [-0.4, -0.2) is 51.3 Å². The Hall–Kier alpha value is -1.74. The van der Waals surface area contributed by atoms with E-state index in [0.717, 1.165) is 21.6 Å². The lowest BCUT2D eigenvalue weighted by Gasteiger charge is -2.06. The van der Waals surface area contributed by atoms with Crippen molar-refractivity contribution in [3.8, 4) is 5.75 Å². The Morgan fingerprint density at radius 2 is 2.27 bits per heavy atom. The van der Waals surface area contributed by atoms with Gasteiger partial charge in [0.05, 0.1) is 12.9 Å². The number of aryl methyl sites for hydroxylation is 1. The molecule has 2 aromatic rings. The van der Waals surface area contributed by atoms with Crippen LogP contribution in [0.3, 0.4) is 0 Å². The first kappa shape index (κ1) is 16.6. The predicted molar refractivity (Wildman–Crippen MR) is 86.2 cm³/mol. The van der Waals surface area contributed by atoms with Crippen LogP contribution in [0.25, 0.3) is 0 Å². The molecule has 1 heterocycles. The molecule has 1 aromatic carbocycles. The van der Waals surface area contributed by atoms with Gasteiger partial charge >= 0.3 is 0 Å². The molecule has 22 heavy (non-hydrogen) atoms. The zero-order valence-electron chi connectivity index (χ0n) is 12.4. The summed E-state index contributed by atoms with van der Waals surface area (Å²) in [6, 6.07) is 7.65. The van der Waals surface area contributed by atoms with Crippen LogP contribution in [0.5, 0.6) is 5.75 Å². The van der Waals surface area contributed by atoms with E-state index in [1.165, 1.54) is 23.5 Å². The Kier molecular flexibility index (Phi) is 6.53. The summed E-state index contributed by atoms with van der Waals surface area (Å²) in [6.07, 6.45) is 0. The first-order valence-corrected chi connectivity index (χ1v) is 8.55. The summed E-state index contributed by atoms with van der Waals surface area (Å²) in [5.41, 5.74) is 0. The summed E-state index contributed by atoms with van der Waals surface area (Å²) in [4.78, 5) is 12.8. The summed E-state index contributed by atoms with van der Waals surface area (Å²) in [7, 11) is 3.41. The normalized spacial score (nSPS) is 10.5. The summed E-state index contributed by atoms with van der Waals surface area (Å²) >= 11 is 2.98. The highest BCUT2D eigenvalue weighted by molar-refractivity contribution is 8.00. The van der Waals surface area contributed by atoms with Crippen LogP contribution < -0.4 is 10.1 Å². The number of methoxy groups -OCH3 is 1. The van der Waals surface area contributed by atoms with Crippen molar-refractivity contribution < 1.29 is 9.53 Å². The summed E-state index contributed by atoms with van der Waals surface area (Å²) in [6.45, 7) is 0.578. The van der Waals surface area contributed by atoms with E-state index < -0.39 is 0 Å². The molecule has 0 aliphatic heterocycles. The molecule has 0 radical (unpaired) electrons. The van der Waals surface area contributed by atoms with Gasteiger partial charge in [0.1, 0.15) is 5.75 Å². The van der Waals surface area contributed by atoms with Crippen molar-refractivity contribution in [1.82, 2.24) is 25.5 Å². The van der Waals surface area contributed by atoms with Gasteiger partial charge in [-0.15, -0.1) is 16.9 Å². The quantitative estimate of drug-likeness (QED) is 0.572. The van der Waals surface area contributed by atoms with E-state index in [9.17, 15) is 4.79 Å². The standard InChI is InChI=1S/C13H17N5O2S2/c1-18-13(15-16-17-18)21-7-6-14-12(19)9-22-11-5-3-4-10(8-11)20-2/h3-5,8H,6-7,9H2,1-2H3,(H,14,19). The third-order valence-corrected chi connectivity index (χ3v) is 4.65. The molecule has 0 bridgehead atoms. The number of rotatable bonds is 8. The average Bonchev–Trinajstić information content (AvgIpc) is 2.95. The zero-order chi connectivity index (χ0) is 15.8. The van der Waals surface area contributed by atoms with Gasteiger partial charge in [-0.05, 0) is 28.6 Å². The molecule has 0 aliphatic carbocycles. The van der Waals surface area contributed by atoms with Crippen LogP contribution in [-0.2, 0) is 11.8 Å². The van der Waals surface area contributed by atoms with Gasteiger partial charge in [0.2, 0.25) is 11.1 Å². The van der Waals surface area contributed by atoms with Crippen molar-refractivity contribution in [1.29, 1.82) is 0 Å². The lowest BCUT2D eigenvalue weighted by Crippen LogP contribution is -2.27. The minimum Gasteiger partial charge on any atom is -0.497 e. The molecular weight excluding hydrogens is 322 g/mol. The predicted octanol–water partition coefficient (Wildman–Crippen LogP) is 1.22. The van der Waals surface area contributed by atoms with Gasteiger partial charge in [0.15, 0.2) is 0 Å². The lowest BCUT2D eigenvalue weighted by molar-refractivity contribution is -0.118. The first-order valence-electron chi connectivity index (χ1n) is 6.57. The number of thioether (sulfide) groups is 2. The third kappa shape index (κ3) is 5.23. The molecule has 0 aliphatic rings. The van der Waals surface area contributed by atoms with Crippen LogP contribution in [0, 0.1) is 0 Å². The molecule has 2 rings (SSSR count). The van der Waals surface area contributed by atoms with Crippen molar-refractivity contribution in [2.75, 3.05) is 25.2 Å². The number of carbonyl (C=O) groups is 1. The Morgan fingerprint density at radius 3 is 3.00 bits per heavy atom. The molecule has 0 atom stereocenters.